The lowest BCUT2D eigenvalue weighted by Gasteiger charge is -2.35. The number of benzene rings is 2. The van der Waals surface area contributed by atoms with E-state index in [1.54, 1.807) is 18.2 Å². The van der Waals surface area contributed by atoms with E-state index in [9.17, 15) is 28.1 Å². The van der Waals surface area contributed by atoms with Gasteiger partial charge in [-0.15, -0.1) is 0 Å². The van der Waals surface area contributed by atoms with E-state index in [0.717, 1.165) is 55.6 Å². The summed E-state index contributed by atoms with van der Waals surface area (Å²) in [6.45, 7) is 2.55. The number of rotatable bonds is 8. The van der Waals surface area contributed by atoms with Crippen LogP contribution in [-0.2, 0) is 14.8 Å². The Kier molecular flexibility index (Phi) is 7.60. The van der Waals surface area contributed by atoms with Crippen molar-refractivity contribution in [2.24, 2.45) is 5.41 Å². The van der Waals surface area contributed by atoms with Gasteiger partial charge in [0.25, 0.3) is 26.9 Å². The lowest BCUT2D eigenvalue weighted by molar-refractivity contribution is -0.385. The minimum Gasteiger partial charge on any atom is -0.495 e. The topological polar surface area (TPSA) is 136 Å². The number of thioether (sulfide) groups is 1. The number of imide groups is 1. The fourth-order valence-corrected chi connectivity index (χ4v) is 6.63. The Bertz CT molecular complexity index is 1370. The summed E-state index contributed by atoms with van der Waals surface area (Å²) in [6, 6.07) is 9.53. The zero-order valence-corrected chi connectivity index (χ0v) is 22.1. The number of hydrogen-bond donors (Lipinski definition) is 1. The van der Waals surface area contributed by atoms with E-state index < -0.39 is 14.9 Å². The summed E-state index contributed by atoms with van der Waals surface area (Å²) < 4.78 is 33.2. The SMILES string of the molecule is COc1cc([N+](=O)[O-])ccc1S(=O)(=O)Nc1ccc(/C=C2\SC(=O)N(CC3(C)CCCCC3)C2=O)cc1. The van der Waals surface area contributed by atoms with Gasteiger partial charge in [-0.05, 0) is 59.9 Å². The molecule has 1 N–H and O–H groups in total. The molecule has 2 aromatic carbocycles. The predicted molar refractivity (Wildman–Crippen MR) is 141 cm³/mol. The molecule has 2 aliphatic rings. The van der Waals surface area contributed by atoms with Crippen LogP contribution in [0.5, 0.6) is 5.75 Å². The Balaban J connectivity index is 1.47. The van der Waals surface area contributed by atoms with E-state index in [1.165, 1.54) is 30.6 Å². The summed E-state index contributed by atoms with van der Waals surface area (Å²) >= 11 is 0.908. The second-order valence-corrected chi connectivity index (χ2v) is 12.1. The third kappa shape index (κ3) is 5.96. The average molecular weight is 546 g/mol. The summed E-state index contributed by atoms with van der Waals surface area (Å²) in [7, 11) is -2.87. The number of nitrogens with zero attached hydrogens (tertiary/aromatic N) is 2. The van der Waals surface area contributed by atoms with Gasteiger partial charge in [0.1, 0.15) is 10.6 Å². The van der Waals surface area contributed by atoms with E-state index in [4.69, 9.17) is 4.74 Å². The van der Waals surface area contributed by atoms with Crippen LogP contribution in [-0.4, -0.2) is 43.0 Å². The molecule has 2 aromatic rings. The van der Waals surface area contributed by atoms with Crippen molar-refractivity contribution in [2.45, 2.75) is 43.9 Å². The Hall–Kier alpha value is -3.38. The molecule has 0 bridgehead atoms. The zero-order valence-electron chi connectivity index (χ0n) is 20.4. The van der Waals surface area contributed by atoms with Gasteiger partial charge in [0.05, 0.1) is 23.0 Å². The van der Waals surface area contributed by atoms with E-state index in [2.05, 4.69) is 11.6 Å². The molecule has 0 spiro atoms. The number of nitro groups is 1. The van der Waals surface area contributed by atoms with E-state index in [0.29, 0.717) is 17.0 Å². The maximum Gasteiger partial charge on any atom is 0.293 e. The number of amides is 2. The summed E-state index contributed by atoms with van der Waals surface area (Å²) in [4.78, 5) is 37.3. The van der Waals surface area contributed by atoms with Gasteiger partial charge in [0.15, 0.2) is 0 Å². The van der Waals surface area contributed by atoms with Crippen molar-refractivity contribution in [3.05, 3.63) is 63.0 Å². The zero-order chi connectivity index (χ0) is 26.8. The Morgan fingerprint density at radius 3 is 2.43 bits per heavy atom. The van der Waals surface area contributed by atoms with Crippen LogP contribution in [0.1, 0.15) is 44.6 Å². The van der Waals surface area contributed by atoms with Crippen molar-refractivity contribution in [3.63, 3.8) is 0 Å². The first kappa shape index (κ1) is 26.7. The molecule has 1 heterocycles. The quantitative estimate of drug-likeness (QED) is 0.264. The molecule has 1 aliphatic carbocycles. The molecule has 37 heavy (non-hydrogen) atoms. The molecular formula is C25H27N3O7S2. The highest BCUT2D eigenvalue weighted by Crippen LogP contribution is 2.40. The lowest BCUT2D eigenvalue weighted by atomic mass is 9.75. The summed E-state index contributed by atoms with van der Waals surface area (Å²) in [6.07, 6.45) is 7.01. The second kappa shape index (κ2) is 10.5. The number of nitro benzene ring substituents is 1. The highest BCUT2D eigenvalue weighted by atomic mass is 32.2. The number of hydrogen-bond acceptors (Lipinski definition) is 8. The Labute approximate surface area is 219 Å². The smallest absolute Gasteiger partial charge is 0.293 e. The van der Waals surface area contributed by atoms with Gasteiger partial charge in [-0.2, -0.15) is 0 Å². The lowest BCUT2D eigenvalue weighted by Crippen LogP contribution is -2.39. The monoisotopic (exact) mass is 545 g/mol. The normalized spacial score (nSPS) is 18.8. The van der Waals surface area contributed by atoms with Gasteiger partial charge >= 0.3 is 0 Å². The Morgan fingerprint density at radius 2 is 1.81 bits per heavy atom. The highest BCUT2D eigenvalue weighted by Gasteiger charge is 2.40. The standard InChI is InChI=1S/C25H27N3O7S2/c1-25(12-4-3-5-13-25)16-27-23(29)21(36-24(27)30)14-17-6-8-18(9-7-17)26-37(33,34)22-11-10-19(28(31)32)15-20(22)35-2/h6-11,14-15,26H,3-5,12-13,16H2,1-2H3/b21-14-. The molecule has 0 atom stereocenters. The summed E-state index contributed by atoms with van der Waals surface area (Å²) in [5.74, 6) is -0.465. The largest absolute Gasteiger partial charge is 0.495 e. The highest BCUT2D eigenvalue weighted by molar-refractivity contribution is 8.18. The van der Waals surface area contributed by atoms with E-state index in [1.807, 2.05) is 0 Å². The molecule has 10 nitrogen and oxygen atoms in total. The molecule has 0 aromatic heterocycles. The molecule has 0 unspecified atom stereocenters. The first-order valence-electron chi connectivity index (χ1n) is 11.7. The van der Waals surface area contributed by atoms with Gasteiger partial charge in [-0.25, -0.2) is 8.42 Å². The predicted octanol–water partition coefficient (Wildman–Crippen LogP) is 5.41. The molecule has 1 aliphatic heterocycles. The van der Waals surface area contributed by atoms with Gasteiger partial charge in [0.2, 0.25) is 0 Å². The molecule has 4 rings (SSSR count). The first-order valence-corrected chi connectivity index (χ1v) is 14.0. The molecule has 12 heteroatoms. The van der Waals surface area contributed by atoms with Gasteiger partial charge in [-0.1, -0.05) is 38.3 Å². The molecule has 1 saturated carbocycles. The van der Waals surface area contributed by atoms with Gasteiger partial charge < -0.3 is 4.74 Å². The molecule has 1 saturated heterocycles. The van der Waals surface area contributed by atoms with Crippen molar-refractivity contribution >= 4 is 50.4 Å². The molecule has 2 amide bonds. The average Bonchev–Trinajstić information content (AvgIpc) is 3.11. The van der Waals surface area contributed by atoms with Crippen molar-refractivity contribution in [1.29, 1.82) is 0 Å². The number of carbonyl (C=O) groups excluding carboxylic acids is 2. The maximum atomic E-state index is 12.9. The molecular weight excluding hydrogens is 518 g/mol. The summed E-state index contributed by atoms with van der Waals surface area (Å²) in [5, 5.41) is 10.7. The number of methoxy groups -OCH3 is 1. The van der Waals surface area contributed by atoms with Crippen LogP contribution in [0.25, 0.3) is 6.08 Å². The van der Waals surface area contributed by atoms with Crippen LogP contribution in [0.4, 0.5) is 16.2 Å². The first-order chi connectivity index (χ1) is 17.5. The maximum absolute atomic E-state index is 12.9. The van der Waals surface area contributed by atoms with Crippen LogP contribution in [0.15, 0.2) is 52.3 Å². The number of carbonyl (C=O) groups is 2. The van der Waals surface area contributed by atoms with Crippen LogP contribution < -0.4 is 9.46 Å². The van der Waals surface area contributed by atoms with Crippen LogP contribution in [0, 0.1) is 15.5 Å². The Morgan fingerprint density at radius 1 is 1.14 bits per heavy atom. The third-order valence-electron chi connectivity index (χ3n) is 6.58. The summed E-state index contributed by atoms with van der Waals surface area (Å²) in [5.41, 5.74) is 0.531. The van der Waals surface area contributed by atoms with E-state index in [-0.39, 0.29) is 38.6 Å². The van der Waals surface area contributed by atoms with Gasteiger partial charge in [-0.3, -0.25) is 29.3 Å². The second-order valence-electron chi connectivity index (χ2n) is 9.46. The number of ether oxygens (including phenoxy) is 1. The fraction of sp³-hybridized carbons (Fsp3) is 0.360. The number of anilines is 1. The van der Waals surface area contributed by atoms with Crippen molar-refractivity contribution < 1.29 is 27.7 Å². The number of non-ortho nitro benzene ring substituents is 1. The molecule has 2 fully saturated rings. The minimum atomic E-state index is -4.10. The van der Waals surface area contributed by atoms with E-state index >= 15 is 0 Å². The van der Waals surface area contributed by atoms with Crippen LogP contribution in [0.3, 0.4) is 0 Å². The van der Waals surface area contributed by atoms with Gasteiger partial charge in [0, 0.05) is 18.3 Å². The molecule has 0 radical (unpaired) electrons. The van der Waals surface area contributed by atoms with Crippen LogP contribution in [0.2, 0.25) is 0 Å². The van der Waals surface area contributed by atoms with Crippen molar-refractivity contribution in [1.82, 2.24) is 4.90 Å². The van der Waals surface area contributed by atoms with Crippen molar-refractivity contribution in [3.8, 4) is 5.75 Å². The molecule has 196 valence electrons. The van der Waals surface area contributed by atoms with Crippen molar-refractivity contribution in [2.75, 3.05) is 18.4 Å². The number of nitrogens with one attached hydrogen (secondary N) is 1. The third-order valence-corrected chi connectivity index (χ3v) is 8.91. The van der Waals surface area contributed by atoms with Crippen LogP contribution >= 0.6 is 11.8 Å². The minimum absolute atomic E-state index is 0.0509. The number of sulfonamides is 1. The fourth-order valence-electron chi connectivity index (χ4n) is 4.58.